The predicted octanol–water partition coefficient (Wildman–Crippen LogP) is 1.63. The van der Waals surface area contributed by atoms with E-state index in [1.54, 1.807) is 6.92 Å². The van der Waals surface area contributed by atoms with Crippen molar-refractivity contribution in [3.05, 3.63) is 29.8 Å². The van der Waals surface area contributed by atoms with Gasteiger partial charge in [0.25, 0.3) is 5.91 Å². The maximum absolute atomic E-state index is 12.8. The Morgan fingerprint density at radius 3 is 2.60 bits per heavy atom. The van der Waals surface area contributed by atoms with Crippen LogP contribution in [0.4, 0.5) is 10.5 Å². The van der Waals surface area contributed by atoms with E-state index in [0.717, 1.165) is 30.1 Å². The Morgan fingerprint density at radius 1 is 1.23 bits per heavy atom. The summed E-state index contributed by atoms with van der Waals surface area (Å²) in [6, 6.07) is 6.29. The van der Waals surface area contributed by atoms with Gasteiger partial charge in [-0.2, -0.15) is 0 Å². The minimum Gasteiger partial charge on any atom is -0.374 e. The van der Waals surface area contributed by atoms with Crippen molar-refractivity contribution < 1.29 is 19.1 Å². The van der Waals surface area contributed by atoms with Crippen LogP contribution in [-0.4, -0.2) is 79.1 Å². The lowest BCUT2D eigenvalue weighted by Gasteiger charge is -2.34. The zero-order valence-corrected chi connectivity index (χ0v) is 18.3. The van der Waals surface area contributed by atoms with Crippen LogP contribution in [0.5, 0.6) is 0 Å². The van der Waals surface area contributed by atoms with Crippen molar-refractivity contribution >= 4 is 23.5 Å². The van der Waals surface area contributed by atoms with Gasteiger partial charge in [0.2, 0.25) is 5.91 Å². The van der Waals surface area contributed by atoms with Crippen LogP contribution in [0.25, 0.3) is 0 Å². The minimum absolute atomic E-state index is 0.0885. The van der Waals surface area contributed by atoms with Gasteiger partial charge in [-0.25, -0.2) is 4.79 Å². The number of nitrogens with one attached hydrogen (secondary N) is 1. The first kappa shape index (κ1) is 22.2. The number of benzene rings is 1. The maximum Gasteiger partial charge on any atom is 0.332 e. The Morgan fingerprint density at radius 2 is 1.93 bits per heavy atom. The number of carbonyl (C=O) groups excluding carboxylic acids is 3. The van der Waals surface area contributed by atoms with Gasteiger partial charge in [-0.15, -0.1) is 0 Å². The van der Waals surface area contributed by atoms with Crippen LogP contribution in [0.15, 0.2) is 24.3 Å². The monoisotopic (exact) mass is 416 g/mol. The van der Waals surface area contributed by atoms with Crippen molar-refractivity contribution in [2.24, 2.45) is 5.92 Å². The molecule has 1 aromatic carbocycles. The number of aryl methyl sites for hydroxylation is 1. The van der Waals surface area contributed by atoms with Crippen LogP contribution < -0.4 is 10.2 Å². The van der Waals surface area contributed by atoms with Crippen LogP contribution in [0, 0.1) is 12.8 Å². The molecule has 2 fully saturated rings. The van der Waals surface area contributed by atoms with E-state index in [2.05, 4.69) is 24.1 Å². The van der Waals surface area contributed by atoms with Crippen molar-refractivity contribution in [3.63, 3.8) is 0 Å². The molecule has 164 valence electrons. The van der Waals surface area contributed by atoms with E-state index < -0.39 is 12.1 Å². The normalized spacial score (nSPS) is 22.8. The molecule has 2 saturated heterocycles. The second-order valence-corrected chi connectivity index (χ2v) is 8.54. The molecule has 1 aromatic rings. The molecule has 0 aromatic heterocycles. The third-order valence-electron chi connectivity index (χ3n) is 5.43. The lowest BCUT2D eigenvalue weighted by molar-refractivity contribution is -0.132. The smallest absolute Gasteiger partial charge is 0.332 e. The number of urea groups is 1. The fourth-order valence-corrected chi connectivity index (χ4v) is 3.92. The van der Waals surface area contributed by atoms with E-state index in [-0.39, 0.29) is 24.5 Å². The summed E-state index contributed by atoms with van der Waals surface area (Å²) in [5, 5.41) is 2.82. The Bertz CT molecular complexity index is 780. The third kappa shape index (κ3) is 5.17. The molecular weight excluding hydrogens is 384 g/mol. The van der Waals surface area contributed by atoms with E-state index in [1.165, 1.54) is 4.90 Å². The lowest BCUT2D eigenvalue weighted by atomic mass is 10.2. The predicted molar refractivity (Wildman–Crippen MR) is 114 cm³/mol. The average molecular weight is 417 g/mol. The number of hydrogen-bond acceptors (Lipinski definition) is 5. The van der Waals surface area contributed by atoms with Gasteiger partial charge in [0.15, 0.2) is 0 Å². The molecule has 2 aliphatic rings. The van der Waals surface area contributed by atoms with Gasteiger partial charge in [0.1, 0.15) is 12.6 Å². The third-order valence-corrected chi connectivity index (χ3v) is 5.43. The van der Waals surface area contributed by atoms with Crippen molar-refractivity contribution in [2.75, 3.05) is 44.2 Å². The summed E-state index contributed by atoms with van der Waals surface area (Å²) in [4.78, 5) is 42.7. The summed E-state index contributed by atoms with van der Waals surface area (Å²) in [6.07, 6.45) is -0.0885. The topological polar surface area (TPSA) is 82.2 Å². The van der Waals surface area contributed by atoms with Gasteiger partial charge in [-0.1, -0.05) is 31.5 Å². The number of rotatable bonds is 7. The average Bonchev–Trinajstić information content (AvgIpc) is 2.90. The number of amides is 4. The molecule has 3 rings (SSSR count). The molecule has 0 unspecified atom stereocenters. The molecule has 0 bridgehead atoms. The van der Waals surface area contributed by atoms with E-state index >= 15 is 0 Å². The SMILES string of the molecule is Cc1ccc(N2C(=O)N(CC(=O)NC[C@H]3CN(CC(C)C)CCO3)C(=O)[C@@H]2C)cc1. The summed E-state index contributed by atoms with van der Waals surface area (Å²) in [5.41, 5.74) is 1.72. The molecule has 0 radical (unpaired) electrons. The molecule has 0 spiro atoms. The fourth-order valence-electron chi connectivity index (χ4n) is 3.92. The first-order chi connectivity index (χ1) is 14.3. The molecule has 2 atom stereocenters. The summed E-state index contributed by atoms with van der Waals surface area (Å²) in [5.74, 6) is -0.156. The molecule has 30 heavy (non-hydrogen) atoms. The highest BCUT2D eigenvalue weighted by Gasteiger charge is 2.44. The summed E-state index contributed by atoms with van der Waals surface area (Å²) in [6.45, 7) is 11.4. The minimum atomic E-state index is -0.640. The standard InChI is InChI=1S/C22H32N4O4/c1-15(2)12-24-9-10-30-19(13-24)11-23-20(27)14-25-21(28)17(4)26(22(25)29)18-7-5-16(3)6-8-18/h5-8,15,17,19H,9-14H2,1-4H3,(H,23,27)/t17-,19-/m0/s1. The molecule has 2 heterocycles. The van der Waals surface area contributed by atoms with Gasteiger partial charge >= 0.3 is 6.03 Å². The van der Waals surface area contributed by atoms with E-state index in [0.29, 0.717) is 24.8 Å². The molecule has 0 saturated carbocycles. The number of imide groups is 1. The van der Waals surface area contributed by atoms with Crippen molar-refractivity contribution in [2.45, 2.75) is 39.8 Å². The van der Waals surface area contributed by atoms with Crippen LogP contribution in [0.2, 0.25) is 0 Å². The molecule has 4 amide bonds. The van der Waals surface area contributed by atoms with E-state index in [4.69, 9.17) is 4.74 Å². The number of anilines is 1. The number of morpholine rings is 1. The second-order valence-electron chi connectivity index (χ2n) is 8.54. The number of hydrogen-bond donors (Lipinski definition) is 1. The number of nitrogens with zero attached hydrogens (tertiary/aromatic N) is 3. The number of ether oxygens (including phenoxy) is 1. The van der Waals surface area contributed by atoms with Crippen LogP contribution in [-0.2, 0) is 14.3 Å². The molecule has 2 aliphatic heterocycles. The van der Waals surface area contributed by atoms with Gasteiger partial charge in [-0.3, -0.25) is 24.3 Å². The van der Waals surface area contributed by atoms with Crippen molar-refractivity contribution in [1.29, 1.82) is 0 Å². The lowest BCUT2D eigenvalue weighted by Crippen LogP contribution is -2.50. The molecule has 1 N–H and O–H groups in total. The fraction of sp³-hybridized carbons (Fsp3) is 0.591. The maximum atomic E-state index is 12.8. The Kier molecular flexibility index (Phi) is 7.10. The molecule has 8 heteroatoms. The first-order valence-electron chi connectivity index (χ1n) is 10.6. The van der Waals surface area contributed by atoms with E-state index in [1.807, 2.05) is 31.2 Å². The molecular formula is C22H32N4O4. The Labute approximate surface area is 178 Å². The van der Waals surface area contributed by atoms with Gasteiger partial charge < -0.3 is 10.1 Å². The van der Waals surface area contributed by atoms with Gasteiger partial charge in [0, 0.05) is 31.9 Å². The molecule has 0 aliphatic carbocycles. The zero-order chi connectivity index (χ0) is 21.8. The van der Waals surface area contributed by atoms with Crippen molar-refractivity contribution in [1.82, 2.24) is 15.1 Å². The van der Waals surface area contributed by atoms with Gasteiger partial charge in [-0.05, 0) is 31.9 Å². The Hall–Kier alpha value is -2.45. The summed E-state index contributed by atoms with van der Waals surface area (Å²) < 4.78 is 5.74. The zero-order valence-electron chi connectivity index (χ0n) is 18.3. The molecule has 8 nitrogen and oxygen atoms in total. The van der Waals surface area contributed by atoms with Crippen LogP contribution in [0.1, 0.15) is 26.3 Å². The highest BCUT2D eigenvalue weighted by Crippen LogP contribution is 2.25. The first-order valence-corrected chi connectivity index (χ1v) is 10.6. The quantitative estimate of drug-likeness (QED) is 0.683. The van der Waals surface area contributed by atoms with Crippen molar-refractivity contribution in [3.8, 4) is 0 Å². The van der Waals surface area contributed by atoms with Crippen LogP contribution in [0.3, 0.4) is 0 Å². The highest BCUT2D eigenvalue weighted by atomic mass is 16.5. The number of carbonyl (C=O) groups is 3. The van der Waals surface area contributed by atoms with E-state index in [9.17, 15) is 14.4 Å². The summed E-state index contributed by atoms with van der Waals surface area (Å²) in [7, 11) is 0. The second kappa shape index (κ2) is 9.57. The summed E-state index contributed by atoms with van der Waals surface area (Å²) >= 11 is 0. The highest BCUT2D eigenvalue weighted by molar-refractivity contribution is 6.15. The van der Waals surface area contributed by atoms with Crippen LogP contribution >= 0.6 is 0 Å². The largest absolute Gasteiger partial charge is 0.374 e. The van der Waals surface area contributed by atoms with Gasteiger partial charge in [0.05, 0.1) is 12.7 Å². The Balaban J connectivity index is 1.54.